The van der Waals surface area contributed by atoms with Crippen molar-refractivity contribution >= 4 is 22.8 Å². The molecule has 0 unspecified atom stereocenters. The van der Waals surface area contributed by atoms with Crippen LogP contribution in [0, 0.1) is 0 Å². The van der Waals surface area contributed by atoms with Crippen molar-refractivity contribution in [3.63, 3.8) is 0 Å². The zero-order valence-corrected chi connectivity index (χ0v) is 7.63. The topological polar surface area (TPSA) is 43.4 Å². The van der Waals surface area contributed by atoms with Crippen molar-refractivity contribution in [1.29, 1.82) is 0 Å². The number of ether oxygens (including phenoxy) is 1. The molecule has 0 radical (unpaired) electrons. The smallest absolute Gasteiger partial charge is 0.330 e. The lowest BCUT2D eigenvalue weighted by Gasteiger charge is -1.97. The van der Waals surface area contributed by atoms with E-state index in [1.807, 2.05) is 6.92 Å². The molecule has 0 N–H and O–H groups in total. The van der Waals surface area contributed by atoms with Crippen molar-refractivity contribution in [3.8, 4) is 0 Å². The maximum absolute atomic E-state index is 10.7. The number of unbranched alkanes of at least 4 members (excludes halogenated alkanes) is 1. The first-order valence-electron chi connectivity index (χ1n) is 3.71. The normalized spacial score (nSPS) is 10.2. The quantitative estimate of drug-likeness (QED) is 0.287. The standard InChI is InChI=1S/C8H11ClO3/c1-2-3-6-12-8(11)5-4-7(9)10/h4-5H,2-3,6H2,1H3/b5-4+. The fraction of sp³-hybridized carbons (Fsp3) is 0.500. The van der Waals surface area contributed by atoms with Gasteiger partial charge in [-0.1, -0.05) is 13.3 Å². The lowest BCUT2D eigenvalue weighted by atomic mass is 10.4. The van der Waals surface area contributed by atoms with Gasteiger partial charge in [-0.15, -0.1) is 0 Å². The summed E-state index contributed by atoms with van der Waals surface area (Å²) in [6.45, 7) is 2.38. The first kappa shape index (κ1) is 11.2. The third-order valence-corrected chi connectivity index (χ3v) is 1.22. The Bertz CT molecular complexity index is 187. The lowest BCUT2D eigenvalue weighted by molar-refractivity contribution is -0.138. The summed E-state index contributed by atoms with van der Waals surface area (Å²) in [6, 6.07) is 0. The maximum atomic E-state index is 10.7. The predicted octanol–water partition coefficient (Wildman–Crippen LogP) is 1.65. The van der Waals surface area contributed by atoms with E-state index in [1.165, 1.54) is 0 Å². The van der Waals surface area contributed by atoms with Gasteiger partial charge in [-0.3, -0.25) is 4.79 Å². The first-order chi connectivity index (χ1) is 5.66. The van der Waals surface area contributed by atoms with E-state index < -0.39 is 11.2 Å². The molecule has 0 saturated carbocycles. The molecule has 0 fully saturated rings. The number of rotatable bonds is 5. The summed E-state index contributed by atoms with van der Waals surface area (Å²) in [4.78, 5) is 20.9. The molecule has 0 atom stereocenters. The van der Waals surface area contributed by atoms with Gasteiger partial charge in [0.15, 0.2) is 0 Å². The molecule has 0 aromatic heterocycles. The van der Waals surface area contributed by atoms with Crippen LogP contribution in [0.5, 0.6) is 0 Å². The van der Waals surface area contributed by atoms with Crippen molar-refractivity contribution in [1.82, 2.24) is 0 Å². The second-order valence-corrected chi connectivity index (χ2v) is 2.53. The highest BCUT2D eigenvalue weighted by Gasteiger charge is 1.96. The van der Waals surface area contributed by atoms with Gasteiger partial charge in [0.05, 0.1) is 6.61 Å². The molecular weight excluding hydrogens is 180 g/mol. The van der Waals surface area contributed by atoms with Crippen molar-refractivity contribution in [2.75, 3.05) is 6.61 Å². The summed E-state index contributed by atoms with van der Waals surface area (Å²) in [5.74, 6) is -0.530. The monoisotopic (exact) mass is 190 g/mol. The van der Waals surface area contributed by atoms with E-state index in [4.69, 9.17) is 16.3 Å². The van der Waals surface area contributed by atoms with Crippen LogP contribution in [0.1, 0.15) is 19.8 Å². The number of carbonyl (C=O) groups excluding carboxylic acids is 2. The summed E-state index contributed by atoms with van der Waals surface area (Å²) >= 11 is 4.95. The van der Waals surface area contributed by atoms with Gasteiger partial charge < -0.3 is 4.74 Å². The second kappa shape index (κ2) is 6.85. The Morgan fingerprint density at radius 1 is 1.42 bits per heavy atom. The van der Waals surface area contributed by atoms with Gasteiger partial charge in [-0.25, -0.2) is 4.79 Å². The molecule has 0 rings (SSSR count). The Morgan fingerprint density at radius 2 is 2.08 bits per heavy atom. The van der Waals surface area contributed by atoms with Crippen LogP contribution in [-0.4, -0.2) is 17.8 Å². The summed E-state index contributed by atoms with van der Waals surface area (Å²) < 4.78 is 4.70. The Balaban J connectivity index is 3.53. The molecule has 68 valence electrons. The predicted molar refractivity (Wildman–Crippen MR) is 45.9 cm³/mol. The van der Waals surface area contributed by atoms with Crippen molar-refractivity contribution in [2.45, 2.75) is 19.8 Å². The van der Waals surface area contributed by atoms with Gasteiger partial charge in [0.2, 0.25) is 5.24 Å². The Hall–Kier alpha value is -0.830. The number of halogens is 1. The zero-order chi connectivity index (χ0) is 9.40. The summed E-state index contributed by atoms with van der Waals surface area (Å²) in [5, 5.41) is -0.678. The maximum Gasteiger partial charge on any atom is 0.330 e. The van der Waals surface area contributed by atoms with Gasteiger partial charge in [-0.2, -0.15) is 0 Å². The van der Waals surface area contributed by atoms with Gasteiger partial charge in [0.25, 0.3) is 0 Å². The molecule has 3 nitrogen and oxygen atoms in total. The molecule has 0 amide bonds. The summed E-state index contributed by atoms with van der Waals surface area (Å²) in [6.07, 6.45) is 3.78. The van der Waals surface area contributed by atoms with Crippen LogP contribution >= 0.6 is 11.6 Å². The molecule has 0 saturated heterocycles. The molecule has 0 aliphatic rings. The molecule has 0 aliphatic carbocycles. The van der Waals surface area contributed by atoms with E-state index in [-0.39, 0.29) is 0 Å². The molecular formula is C8H11ClO3. The van der Waals surface area contributed by atoms with E-state index >= 15 is 0 Å². The highest BCUT2D eigenvalue weighted by Crippen LogP contribution is 1.90. The fourth-order valence-corrected chi connectivity index (χ4v) is 0.562. The Labute approximate surface area is 76.3 Å². The highest BCUT2D eigenvalue weighted by atomic mass is 35.5. The van der Waals surface area contributed by atoms with Crippen LogP contribution in [0.15, 0.2) is 12.2 Å². The number of carbonyl (C=O) groups is 2. The van der Waals surface area contributed by atoms with Gasteiger partial charge in [0.1, 0.15) is 0 Å². The third-order valence-electron chi connectivity index (χ3n) is 1.09. The van der Waals surface area contributed by atoms with Crippen molar-refractivity contribution < 1.29 is 14.3 Å². The second-order valence-electron chi connectivity index (χ2n) is 2.16. The average molecular weight is 191 g/mol. The SMILES string of the molecule is CCCCOC(=O)/C=C/C(=O)Cl. The van der Waals surface area contributed by atoms with E-state index in [1.54, 1.807) is 0 Å². The summed E-state index contributed by atoms with van der Waals surface area (Å²) in [7, 11) is 0. The number of allylic oxidation sites excluding steroid dienone is 1. The molecule has 0 aromatic carbocycles. The van der Waals surface area contributed by atoms with E-state index in [0.29, 0.717) is 6.61 Å². The van der Waals surface area contributed by atoms with Crippen molar-refractivity contribution in [2.24, 2.45) is 0 Å². The van der Waals surface area contributed by atoms with E-state index in [2.05, 4.69) is 0 Å². The molecule has 0 aliphatic heterocycles. The fourth-order valence-electron chi connectivity index (χ4n) is 0.499. The largest absolute Gasteiger partial charge is 0.463 e. The van der Waals surface area contributed by atoms with Gasteiger partial charge in [0, 0.05) is 12.2 Å². The lowest BCUT2D eigenvalue weighted by Crippen LogP contribution is -2.02. The summed E-state index contributed by atoms with van der Waals surface area (Å²) in [5.41, 5.74) is 0. The zero-order valence-electron chi connectivity index (χ0n) is 6.88. The van der Waals surface area contributed by atoms with E-state index in [9.17, 15) is 9.59 Å². The minimum atomic E-state index is -0.678. The first-order valence-corrected chi connectivity index (χ1v) is 4.09. The Morgan fingerprint density at radius 3 is 2.58 bits per heavy atom. The van der Waals surface area contributed by atoms with Crippen LogP contribution in [0.3, 0.4) is 0 Å². The molecule has 12 heavy (non-hydrogen) atoms. The molecule has 0 spiro atoms. The minimum Gasteiger partial charge on any atom is -0.463 e. The number of esters is 1. The number of hydrogen-bond donors (Lipinski definition) is 0. The van der Waals surface area contributed by atoms with E-state index in [0.717, 1.165) is 25.0 Å². The highest BCUT2D eigenvalue weighted by molar-refractivity contribution is 6.66. The van der Waals surface area contributed by atoms with Crippen LogP contribution in [0.4, 0.5) is 0 Å². The molecule has 0 bridgehead atoms. The minimum absolute atomic E-state index is 0.385. The third kappa shape index (κ3) is 7.28. The van der Waals surface area contributed by atoms with Crippen LogP contribution in [0.2, 0.25) is 0 Å². The Kier molecular flexibility index (Phi) is 6.38. The molecule has 0 aromatic rings. The average Bonchev–Trinajstić information content (AvgIpc) is 2.01. The van der Waals surface area contributed by atoms with Crippen molar-refractivity contribution in [3.05, 3.63) is 12.2 Å². The van der Waals surface area contributed by atoms with Gasteiger partial charge >= 0.3 is 5.97 Å². The number of hydrogen-bond acceptors (Lipinski definition) is 3. The van der Waals surface area contributed by atoms with Crippen LogP contribution < -0.4 is 0 Å². The van der Waals surface area contributed by atoms with Crippen LogP contribution in [-0.2, 0) is 14.3 Å². The van der Waals surface area contributed by atoms with Gasteiger partial charge in [-0.05, 0) is 18.0 Å². The molecule has 4 heteroatoms. The molecule has 0 heterocycles. The van der Waals surface area contributed by atoms with Crippen LogP contribution in [0.25, 0.3) is 0 Å².